The molecule has 0 spiro atoms. The summed E-state index contributed by atoms with van der Waals surface area (Å²) in [5.41, 5.74) is 1.34. The quantitative estimate of drug-likeness (QED) is 0.696. The third-order valence-corrected chi connectivity index (χ3v) is 3.09. The summed E-state index contributed by atoms with van der Waals surface area (Å²) in [6.07, 6.45) is -1.03. The lowest BCUT2D eigenvalue weighted by Gasteiger charge is -2.08. The van der Waals surface area contributed by atoms with Crippen molar-refractivity contribution in [3.63, 3.8) is 0 Å². The molecule has 0 saturated carbocycles. The van der Waals surface area contributed by atoms with Gasteiger partial charge in [0, 0.05) is 6.54 Å². The van der Waals surface area contributed by atoms with Gasteiger partial charge in [0.2, 0.25) is 0 Å². The van der Waals surface area contributed by atoms with E-state index in [-0.39, 0.29) is 19.8 Å². The van der Waals surface area contributed by atoms with Crippen LogP contribution >= 0.6 is 0 Å². The molecule has 106 valence electrons. The molecule has 1 aromatic rings. The number of amides is 1. The molecule has 3 N–H and O–H groups in total. The van der Waals surface area contributed by atoms with Gasteiger partial charge in [0.15, 0.2) is 0 Å². The van der Waals surface area contributed by atoms with Gasteiger partial charge in [-0.05, 0) is 18.1 Å². The number of benzene rings is 1. The summed E-state index contributed by atoms with van der Waals surface area (Å²) in [6.45, 7) is 1.53. The van der Waals surface area contributed by atoms with E-state index in [2.05, 4.69) is 9.46 Å². The Bertz CT molecular complexity index is 530. The number of rotatable bonds is 6. The van der Waals surface area contributed by atoms with Crippen molar-refractivity contribution in [3.05, 3.63) is 35.4 Å². The molecular weight excluding hydrogens is 272 g/mol. The second-order valence-corrected chi connectivity index (χ2v) is 5.12. The zero-order valence-corrected chi connectivity index (χ0v) is 11.2. The van der Waals surface area contributed by atoms with Crippen molar-refractivity contribution in [2.45, 2.75) is 20.1 Å². The fourth-order valence-electron chi connectivity index (χ4n) is 1.32. The van der Waals surface area contributed by atoms with E-state index in [0.717, 1.165) is 0 Å². The fraction of sp³-hybridized carbons (Fsp3) is 0.364. The summed E-state index contributed by atoms with van der Waals surface area (Å²) in [6, 6.07) is 6.78. The Balaban J connectivity index is 2.57. The van der Waals surface area contributed by atoms with Crippen LogP contribution in [0.4, 0.5) is 4.79 Å². The molecule has 0 bridgehead atoms. The highest BCUT2D eigenvalue weighted by Crippen LogP contribution is 2.05. The largest absolute Gasteiger partial charge is 0.449 e. The molecule has 0 heterocycles. The summed E-state index contributed by atoms with van der Waals surface area (Å²) in [5, 5.41) is 8.96. The highest BCUT2D eigenvalue weighted by molar-refractivity contribution is 7.88. The molecule has 0 aliphatic rings. The van der Waals surface area contributed by atoms with Crippen LogP contribution in [0.5, 0.6) is 0 Å². The number of hydrogen-bond donors (Lipinski definition) is 3. The maximum Gasteiger partial charge on any atom is 0.421 e. The lowest BCUT2D eigenvalue weighted by atomic mass is 10.1. The number of ether oxygens (including phenoxy) is 1. The molecule has 0 aliphatic carbocycles. The zero-order chi connectivity index (χ0) is 14.3. The van der Waals surface area contributed by atoms with E-state index in [9.17, 15) is 13.2 Å². The molecule has 8 heteroatoms. The Labute approximate surface area is 111 Å². The van der Waals surface area contributed by atoms with Crippen molar-refractivity contribution in [2.75, 3.05) is 6.61 Å². The molecule has 1 amide bonds. The Morgan fingerprint density at radius 3 is 2.68 bits per heavy atom. The lowest BCUT2D eigenvalue weighted by molar-refractivity contribution is 0.158. The van der Waals surface area contributed by atoms with Gasteiger partial charge in [0.05, 0.1) is 13.2 Å². The molecule has 0 fully saturated rings. The number of aliphatic hydroxyl groups excluding tert-OH is 1. The minimum absolute atomic E-state index is 0.00256. The van der Waals surface area contributed by atoms with Crippen molar-refractivity contribution >= 4 is 16.3 Å². The Hall–Kier alpha value is -1.64. The minimum atomic E-state index is -3.96. The van der Waals surface area contributed by atoms with Crippen LogP contribution in [0.1, 0.15) is 18.1 Å². The number of hydrogen-bond acceptors (Lipinski definition) is 5. The van der Waals surface area contributed by atoms with Crippen LogP contribution in [0.2, 0.25) is 0 Å². The van der Waals surface area contributed by atoms with E-state index in [0.29, 0.717) is 11.1 Å². The predicted octanol–water partition coefficient (Wildman–Crippen LogP) is 0.259. The van der Waals surface area contributed by atoms with Gasteiger partial charge < -0.3 is 9.84 Å². The van der Waals surface area contributed by atoms with Crippen LogP contribution in [0.3, 0.4) is 0 Å². The van der Waals surface area contributed by atoms with Crippen molar-refractivity contribution in [1.82, 2.24) is 9.44 Å². The molecule has 0 saturated heterocycles. The topological polar surface area (TPSA) is 105 Å². The summed E-state index contributed by atoms with van der Waals surface area (Å²) < 4.78 is 31.3. The standard InChI is InChI=1S/C11H16N2O5S/c1-2-18-11(15)13-19(16,17)12-7-9-4-3-5-10(6-9)8-14/h3-6,12,14H,2,7-8H2,1H3,(H,13,15). The van der Waals surface area contributed by atoms with Gasteiger partial charge in [-0.3, -0.25) is 0 Å². The average molecular weight is 288 g/mol. The van der Waals surface area contributed by atoms with E-state index in [4.69, 9.17) is 5.11 Å². The highest BCUT2D eigenvalue weighted by atomic mass is 32.2. The Morgan fingerprint density at radius 1 is 1.37 bits per heavy atom. The first-order valence-corrected chi connectivity index (χ1v) is 7.08. The molecule has 0 unspecified atom stereocenters. The van der Waals surface area contributed by atoms with Gasteiger partial charge >= 0.3 is 16.3 Å². The molecule has 0 radical (unpaired) electrons. The van der Waals surface area contributed by atoms with Gasteiger partial charge in [-0.1, -0.05) is 24.3 Å². The smallest absolute Gasteiger partial charge is 0.421 e. The number of carbonyl (C=O) groups is 1. The monoisotopic (exact) mass is 288 g/mol. The summed E-state index contributed by atoms with van der Waals surface area (Å²) >= 11 is 0. The first-order chi connectivity index (χ1) is 8.96. The molecule has 1 aromatic carbocycles. The molecule has 1 rings (SSSR count). The summed E-state index contributed by atoms with van der Waals surface area (Å²) in [7, 11) is -3.96. The normalized spacial score (nSPS) is 11.1. The van der Waals surface area contributed by atoms with Crippen LogP contribution < -0.4 is 9.44 Å². The molecule has 0 aliphatic heterocycles. The first kappa shape index (κ1) is 15.4. The third-order valence-electron chi connectivity index (χ3n) is 2.13. The maximum absolute atomic E-state index is 11.5. The van der Waals surface area contributed by atoms with Crippen molar-refractivity contribution in [1.29, 1.82) is 0 Å². The predicted molar refractivity (Wildman–Crippen MR) is 68.3 cm³/mol. The number of carbonyl (C=O) groups excluding carboxylic acids is 1. The molecule has 0 atom stereocenters. The van der Waals surface area contributed by atoms with Gasteiger partial charge in [-0.25, -0.2) is 9.52 Å². The second kappa shape index (κ2) is 7.07. The summed E-state index contributed by atoms with van der Waals surface area (Å²) in [4.78, 5) is 11.0. The van der Waals surface area contributed by atoms with Gasteiger partial charge in [0.1, 0.15) is 0 Å². The van der Waals surface area contributed by atoms with E-state index in [1.165, 1.54) is 0 Å². The van der Waals surface area contributed by atoms with Crippen LogP contribution in [-0.4, -0.2) is 26.2 Å². The van der Waals surface area contributed by atoms with Gasteiger partial charge in [0.25, 0.3) is 0 Å². The highest BCUT2D eigenvalue weighted by Gasteiger charge is 2.14. The van der Waals surface area contributed by atoms with Crippen LogP contribution in [0.25, 0.3) is 0 Å². The van der Waals surface area contributed by atoms with E-state index < -0.39 is 16.3 Å². The first-order valence-electron chi connectivity index (χ1n) is 5.59. The van der Waals surface area contributed by atoms with Crippen LogP contribution in [-0.2, 0) is 28.1 Å². The Morgan fingerprint density at radius 2 is 2.05 bits per heavy atom. The lowest BCUT2D eigenvalue weighted by Crippen LogP contribution is -2.40. The molecule has 19 heavy (non-hydrogen) atoms. The molecule has 7 nitrogen and oxygen atoms in total. The van der Waals surface area contributed by atoms with Crippen molar-refractivity contribution in [3.8, 4) is 0 Å². The zero-order valence-electron chi connectivity index (χ0n) is 10.4. The van der Waals surface area contributed by atoms with E-state index in [1.807, 2.05) is 0 Å². The SMILES string of the molecule is CCOC(=O)NS(=O)(=O)NCc1cccc(CO)c1. The number of aliphatic hydroxyl groups is 1. The third kappa shape index (κ3) is 5.69. The van der Waals surface area contributed by atoms with Gasteiger partial charge in [-0.15, -0.1) is 0 Å². The van der Waals surface area contributed by atoms with Crippen molar-refractivity contribution < 1.29 is 23.1 Å². The Kier molecular flexibility index (Phi) is 5.74. The van der Waals surface area contributed by atoms with Gasteiger partial charge in [-0.2, -0.15) is 13.1 Å². The van der Waals surface area contributed by atoms with Crippen LogP contribution in [0, 0.1) is 0 Å². The average Bonchev–Trinajstić information content (AvgIpc) is 2.36. The number of nitrogens with one attached hydrogen (secondary N) is 2. The van der Waals surface area contributed by atoms with Crippen molar-refractivity contribution in [2.24, 2.45) is 0 Å². The second-order valence-electron chi connectivity index (χ2n) is 3.63. The maximum atomic E-state index is 11.5. The molecule has 0 aromatic heterocycles. The van der Waals surface area contributed by atoms with E-state index in [1.54, 1.807) is 35.9 Å². The minimum Gasteiger partial charge on any atom is -0.449 e. The summed E-state index contributed by atoms with van der Waals surface area (Å²) in [5.74, 6) is 0. The molecular formula is C11H16N2O5S. The van der Waals surface area contributed by atoms with Crippen LogP contribution in [0.15, 0.2) is 24.3 Å². The van der Waals surface area contributed by atoms with E-state index >= 15 is 0 Å². The fourth-order valence-corrected chi connectivity index (χ4v) is 2.03.